The summed E-state index contributed by atoms with van der Waals surface area (Å²) in [5, 5.41) is 49.0. The zero-order valence-corrected chi connectivity index (χ0v) is 56.9. The number of aliphatic hydroxyl groups is 2. The molecule has 7 aromatic heterocycles. The molecule has 9 N–H and O–H groups in total. The third-order valence-corrected chi connectivity index (χ3v) is 22.4. The predicted molar refractivity (Wildman–Crippen MR) is 364 cm³/mol. The van der Waals surface area contributed by atoms with E-state index in [1.54, 1.807) is 89.3 Å². The van der Waals surface area contributed by atoms with Gasteiger partial charge in [-0.05, 0) is 42.3 Å². The number of thiazole rings is 6. The number of primary amides is 1. The molecular weight excluding hydrogens is 1360 g/mol. The monoisotopic (exact) mass is 1420 g/mol. The lowest BCUT2D eigenvalue weighted by atomic mass is 10.00. The highest BCUT2D eigenvalue weighted by molar-refractivity contribution is 7.15. The molecule has 27 nitrogen and oxygen atoms in total. The second kappa shape index (κ2) is 29.5. The van der Waals surface area contributed by atoms with Crippen molar-refractivity contribution in [3.05, 3.63) is 147 Å². The molecule has 0 spiro atoms. The number of ether oxygens (including phenoxy) is 2. The maximum atomic E-state index is 15.5. The Morgan fingerprint density at radius 3 is 2.14 bits per heavy atom. The van der Waals surface area contributed by atoms with Crippen molar-refractivity contribution in [3.8, 4) is 49.1 Å². The lowest BCUT2D eigenvalue weighted by molar-refractivity contribution is -0.134. The van der Waals surface area contributed by atoms with Crippen molar-refractivity contribution >= 4 is 110 Å². The van der Waals surface area contributed by atoms with Gasteiger partial charge in [-0.1, -0.05) is 49.4 Å². The van der Waals surface area contributed by atoms with Crippen LogP contribution in [0.4, 0.5) is 4.79 Å². The van der Waals surface area contributed by atoms with Gasteiger partial charge in [0, 0.05) is 109 Å². The largest absolute Gasteiger partial charge is 0.412 e. The average molecular weight is 1430 g/mol. The van der Waals surface area contributed by atoms with Crippen LogP contribution in [0.2, 0.25) is 0 Å². The van der Waals surface area contributed by atoms with Crippen LogP contribution in [0.5, 0.6) is 5.75 Å². The number of piperazine rings is 1. The van der Waals surface area contributed by atoms with E-state index in [0.717, 1.165) is 47.1 Å². The Morgan fingerprint density at radius 1 is 0.701 bits per heavy atom. The van der Waals surface area contributed by atoms with E-state index in [2.05, 4.69) is 41.5 Å². The Morgan fingerprint density at radius 2 is 1.37 bits per heavy atom. The van der Waals surface area contributed by atoms with Crippen LogP contribution in [0.1, 0.15) is 111 Å². The number of aliphatic hydroxyl groups excluding tert-OH is 2. The molecule has 502 valence electrons. The van der Waals surface area contributed by atoms with Crippen molar-refractivity contribution in [2.24, 2.45) is 11.7 Å². The zero-order valence-electron chi connectivity index (χ0n) is 52.0. The second-order valence-electron chi connectivity index (χ2n) is 23.4. The minimum atomic E-state index is -1.43. The Balaban J connectivity index is 0.865. The number of fused-ring (bicyclic) bond motifs is 16. The second-order valence-corrected chi connectivity index (χ2v) is 28.9. The van der Waals surface area contributed by atoms with Crippen LogP contribution in [-0.4, -0.2) is 186 Å². The van der Waals surface area contributed by atoms with Gasteiger partial charge in [-0.3, -0.25) is 33.7 Å². The lowest BCUT2D eigenvalue weighted by Crippen LogP contribution is -2.50. The van der Waals surface area contributed by atoms with E-state index in [1.807, 2.05) is 17.7 Å². The third kappa shape index (κ3) is 15.1. The molecule has 3 saturated heterocycles. The number of aryl methyl sites for hydroxylation is 1. The van der Waals surface area contributed by atoms with Crippen molar-refractivity contribution in [1.82, 2.24) is 76.2 Å². The number of pyridine rings is 1. The smallest absolute Gasteiger partial charge is 0.410 e. The number of amides is 7. The lowest BCUT2D eigenvalue weighted by Gasteiger charge is -2.29. The molecule has 3 fully saturated rings. The van der Waals surface area contributed by atoms with Gasteiger partial charge in [0.1, 0.15) is 93.8 Å². The Kier molecular flexibility index (Phi) is 20.4. The van der Waals surface area contributed by atoms with Gasteiger partial charge >= 0.3 is 6.09 Å². The Hall–Kier alpha value is -8.74. The van der Waals surface area contributed by atoms with Gasteiger partial charge < -0.3 is 61.8 Å². The first-order valence-corrected chi connectivity index (χ1v) is 36.2. The molecule has 2 aromatic carbocycles. The van der Waals surface area contributed by atoms with E-state index in [1.165, 1.54) is 44.3 Å². The van der Waals surface area contributed by atoms with Gasteiger partial charge in [-0.25, -0.2) is 39.7 Å². The van der Waals surface area contributed by atoms with Gasteiger partial charge in [0.15, 0.2) is 0 Å². The molecule has 10 bridgehead atoms. The molecule has 33 heteroatoms. The van der Waals surface area contributed by atoms with Gasteiger partial charge in [0.25, 0.3) is 23.6 Å². The SMILES string of the molecule is Cc1sc2nc1C(=O)N[C@@H]([C@H](O)c1ccccc1)c1nc(cs1)C(=O)N[C@@H](Cc1ccc(OC(=O)NCCN3CCOCC3)cc1)C(=O)N1C[C@H](O)[C@H](C)[C@@H]1c1nc(cs1)-c1nc(cs1)-c1nc(-c3nc(C(=O)N4CCNCC4)cs3)ccc1-c1nc(cs1)C(=O)N[C@H]2CC(N)=O. The van der Waals surface area contributed by atoms with Crippen LogP contribution in [0.3, 0.4) is 0 Å². The first-order chi connectivity index (χ1) is 47.0. The predicted octanol–water partition coefficient (Wildman–Crippen LogP) is 6.05. The summed E-state index contributed by atoms with van der Waals surface area (Å²) in [6.07, 6.45) is -3.55. The highest BCUT2D eigenvalue weighted by Crippen LogP contribution is 2.43. The number of carbonyl (C=O) groups is 7. The fourth-order valence-electron chi connectivity index (χ4n) is 11.7. The number of morpholine rings is 1. The van der Waals surface area contributed by atoms with E-state index in [0.29, 0.717) is 117 Å². The number of nitrogens with two attached hydrogens (primary N) is 1. The number of hydrogen-bond donors (Lipinski definition) is 8. The molecule has 0 radical (unpaired) electrons. The highest BCUT2D eigenvalue weighted by atomic mass is 32.1. The van der Waals surface area contributed by atoms with Crippen molar-refractivity contribution in [3.63, 3.8) is 0 Å². The van der Waals surface area contributed by atoms with E-state index in [-0.39, 0.29) is 57.4 Å². The zero-order chi connectivity index (χ0) is 67.4. The molecule has 4 aliphatic heterocycles. The molecule has 11 heterocycles. The van der Waals surface area contributed by atoms with Gasteiger partial charge in [0.2, 0.25) is 11.8 Å². The van der Waals surface area contributed by atoms with Crippen LogP contribution in [0.25, 0.3) is 43.4 Å². The molecule has 97 heavy (non-hydrogen) atoms. The number of benzene rings is 2. The summed E-state index contributed by atoms with van der Waals surface area (Å²) in [6.45, 7) is 9.56. The molecule has 9 aromatic rings. The molecule has 7 atom stereocenters. The molecule has 4 aliphatic rings. The molecule has 7 amide bonds. The number of nitrogens with zero attached hydrogens (tertiary/aromatic N) is 10. The van der Waals surface area contributed by atoms with Crippen molar-refractivity contribution in [2.45, 2.75) is 63.1 Å². The van der Waals surface area contributed by atoms with E-state index < -0.39 is 84.3 Å². The van der Waals surface area contributed by atoms with Crippen molar-refractivity contribution in [1.29, 1.82) is 0 Å². The van der Waals surface area contributed by atoms with Crippen LogP contribution >= 0.6 is 68.0 Å². The summed E-state index contributed by atoms with van der Waals surface area (Å²) in [7, 11) is 0. The van der Waals surface area contributed by atoms with E-state index in [9.17, 15) is 39.0 Å². The normalized spacial score (nSPS) is 20.7. The van der Waals surface area contributed by atoms with Crippen LogP contribution in [-0.2, 0) is 20.7 Å². The number of aromatic nitrogens is 7. The molecular formula is C64H64N16O11S6. The Bertz CT molecular complexity index is 4390. The summed E-state index contributed by atoms with van der Waals surface area (Å²) >= 11 is 7.02. The topological polar surface area (TPSA) is 365 Å². The fourth-order valence-corrected chi connectivity index (χ4v) is 17.0. The highest BCUT2D eigenvalue weighted by Gasteiger charge is 2.46. The summed E-state index contributed by atoms with van der Waals surface area (Å²) in [4.78, 5) is 138. The summed E-state index contributed by atoms with van der Waals surface area (Å²) in [6, 6.07) is 14.1. The number of nitrogens with one attached hydrogen (secondary N) is 5. The summed E-state index contributed by atoms with van der Waals surface area (Å²) < 4.78 is 11.0. The van der Waals surface area contributed by atoms with Gasteiger partial charge in [0.05, 0.1) is 43.5 Å². The molecule has 0 saturated carbocycles. The van der Waals surface area contributed by atoms with E-state index >= 15 is 4.79 Å². The first kappa shape index (κ1) is 66.9. The van der Waals surface area contributed by atoms with Gasteiger partial charge in [-0.15, -0.1) is 68.0 Å². The Labute approximate surface area is 578 Å². The van der Waals surface area contributed by atoms with E-state index in [4.69, 9.17) is 40.1 Å². The maximum Gasteiger partial charge on any atom is 0.412 e. The summed E-state index contributed by atoms with van der Waals surface area (Å²) in [5.74, 6) is -4.00. The van der Waals surface area contributed by atoms with Crippen molar-refractivity contribution in [2.75, 3.05) is 72.1 Å². The first-order valence-electron chi connectivity index (χ1n) is 31.0. The van der Waals surface area contributed by atoms with Crippen LogP contribution < -0.4 is 37.1 Å². The molecule has 0 aliphatic carbocycles. The molecule has 0 unspecified atom stereocenters. The number of rotatable bonds is 12. The van der Waals surface area contributed by atoms with Crippen molar-refractivity contribution < 1.29 is 53.2 Å². The average Bonchev–Trinajstić information content (AvgIpc) is 1.71. The van der Waals surface area contributed by atoms with Gasteiger partial charge in [-0.2, -0.15) is 0 Å². The summed E-state index contributed by atoms with van der Waals surface area (Å²) in [5.41, 5.74) is 9.02. The quantitative estimate of drug-likeness (QED) is 0.0690. The van der Waals surface area contributed by atoms with Crippen LogP contribution in [0, 0.1) is 12.8 Å². The fraction of sp³-hybridized carbons (Fsp3) is 0.344. The minimum Gasteiger partial charge on any atom is -0.410 e. The molecule has 13 rings (SSSR count). The third-order valence-electron chi connectivity index (χ3n) is 16.8. The standard InChI is InChI=1S/C64H64N16O11S6/c1-32-46(81)26-80-51(32)61-74-44(30-96-61)58-71-41(27-93-58)49-37(12-13-38(68-49)57-75-45(31-94-57)62(87)79-18-14-66-15-19-79)56-72-42(28-92-56)53(84)69-39(25-47(65)82)59-77-48(33(2)97-59)55(86)76-50(52(83)35-6-4-3-5-7-35)60-73-43(29-95-60)54(85)70-40(63(80)88)24-34-8-10-36(11-9-34)91-64(89)67-16-17-78-20-22-90-23-21-78/h3-13,27-32,39-40,46,50-52,66,81,83H,14-26H2,1-2H3,(H2,65,82)(H,67,89)(H,69,84)(H,70,85)(H,76,86)/t32-,39-,40-,46-,50-,51+,52+/m0/s1. The minimum absolute atomic E-state index is 0.0124. The number of hydrogen-bond acceptors (Lipinski definition) is 26. The number of carbonyl (C=O) groups excluding carboxylic acids is 7. The van der Waals surface area contributed by atoms with Crippen LogP contribution in [0.15, 0.2) is 93.6 Å². The maximum absolute atomic E-state index is 15.5.